The van der Waals surface area contributed by atoms with Crippen LogP contribution >= 0.6 is 15.9 Å². The average Bonchev–Trinajstić information content (AvgIpc) is 2.57. The van der Waals surface area contributed by atoms with Crippen molar-refractivity contribution >= 4 is 33.8 Å². The van der Waals surface area contributed by atoms with Gasteiger partial charge < -0.3 is 19.4 Å². The lowest BCUT2D eigenvalue weighted by Gasteiger charge is -2.12. The number of hydrogen-bond acceptors (Lipinski definition) is 6. The Balaban J connectivity index is 2.11. The summed E-state index contributed by atoms with van der Waals surface area (Å²) in [6, 6.07) is 9.78. The summed E-state index contributed by atoms with van der Waals surface area (Å²) in [4.78, 5) is 10.7. The number of aromatic carboxylic acids is 1. The SMILES string of the molecule is CCOc1c(Br)cc(/C=N\Nc2ccc(C(=O)[O-])cc2)cc1OC. The van der Waals surface area contributed by atoms with Gasteiger partial charge >= 0.3 is 0 Å². The van der Waals surface area contributed by atoms with Gasteiger partial charge in [-0.25, -0.2) is 0 Å². The van der Waals surface area contributed by atoms with Gasteiger partial charge in [0.15, 0.2) is 11.5 Å². The predicted octanol–water partition coefficient (Wildman–Crippen LogP) is 2.67. The summed E-state index contributed by atoms with van der Waals surface area (Å²) in [6.07, 6.45) is 1.62. The Kier molecular flexibility index (Phi) is 6.20. The molecule has 0 saturated heterocycles. The number of methoxy groups -OCH3 is 1. The Morgan fingerprint density at radius 3 is 2.62 bits per heavy atom. The van der Waals surface area contributed by atoms with E-state index < -0.39 is 5.97 Å². The third-order valence-electron chi connectivity index (χ3n) is 3.07. The average molecular weight is 392 g/mol. The van der Waals surface area contributed by atoms with Gasteiger partial charge in [-0.15, -0.1) is 0 Å². The van der Waals surface area contributed by atoms with Gasteiger partial charge in [-0.3, -0.25) is 5.43 Å². The number of halogens is 1. The van der Waals surface area contributed by atoms with E-state index in [1.807, 2.05) is 13.0 Å². The monoisotopic (exact) mass is 391 g/mol. The van der Waals surface area contributed by atoms with Crippen molar-refractivity contribution < 1.29 is 19.4 Å². The zero-order valence-corrected chi connectivity index (χ0v) is 14.8. The highest BCUT2D eigenvalue weighted by atomic mass is 79.9. The number of carboxylic acids is 1. The summed E-state index contributed by atoms with van der Waals surface area (Å²) in [5, 5.41) is 14.8. The highest BCUT2D eigenvalue weighted by Crippen LogP contribution is 2.36. The summed E-state index contributed by atoms with van der Waals surface area (Å²) in [6.45, 7) is 2.43. The minimum atomic E-state index is -1.21. The number of nitrogens with one attached hydrogen (secondary N) is 1. The molecule has 0 aliphatic carbocycles. The summed E-state index contributed by atoms with van der Waals surface area (Å²) in [5.74, 6) is 0.0327. The molecule has 1 N–H and O–H groups in total. The van der Waals surface area contributed by atoms with Crippen LogP contribution in [0.3, 0.4) is 0 Å². The first kappa shape index (κ1) is 17.8. The maximum atomic E-state index is 10.7. The van der Waals surface area contributed by atoms with Gasteiger partial charge in [0.25, 0.3) is 0 Å². The summed E-state index contributed by atoms with van der Waals surface area (Å²) >= 11 is 3.45. The van der Waals surface area contributed by atoms with Gasteiger partial charge in [-0.1, -0.05) is 12.1 Å². The second-order valence-electron chi connectivity index (χ2n) is 4.70. The molecule has 0 atom stereocenters. The Labute approximate surface area is 148 Å². The predicted molar refractivity (Wildman–Crippen MR) is 93.9 cm³/mol. The van der Waals surface area contributed by atoms with E-state index in [0.717, 1.165) is 10.0 Å². The summed E-state index contributed by atoms with van der Waals surface area (Å²) in [7, 11) is 1.57. The van der Waals surface area contributed by atoms with Gasteiger partial charge in [0, 0.05) is 0 Å². The molecule has 0 unspecified atom stereocenters. The smallest absolute Gasteiger partial charge is 0.175 e. The van der Waals surface area contributed by atoms with Crippen molar-refractivity contribution in [2.45, 2.75) is 6.92 Å². The minimum absolute atomic E-state index is 0.115. The lowest BCUT2D eigenvalue weighted by atomic mass is 10.2. The van der Waals surface area contributed by atoms with Crippen molar-refractivity contribution in [3.63, 3.8) is 0 Å². The molecule has 0 heterocycles. The zero-order valence-electron chi connectivity index (χ0n) is 13.2. The Hall–Kier alpha value is -2.54. The fourth-order valence-corrected chi connectivity index (χ4v) is 2.54. The van der Waals surface area contributed by atoms with Gasteiger partial charge in [-0.2, -0.15) is 5.10 Å². The van der Waals surface area contributed by atoms with Crippen LogP contribution in [-0.2, 0) is 0 Å². The number of nitrogens with zero attached hydrogens (tertiary/aromatic N) is 1. The molecular weight excluding hydrogens is 376 g/mol. The van der Waals surface area contributed by atoms with Crippen molar-refractivity contribution in [1.82, 2.24) is 0 Å². The van der Waals surface area contributed by atoms with Crippen molar-refractivity contribution in [3.8, 4) is 11.5 Å². The molecule has 0 amide bonds. The molecule has 126 valence electrons. The third kappa shape index (κ3) is 4.48. The van der Waals surface area contributed by atoms with E-state index in [-0.39, 0.29) is 5.56 Å². The number of carbonyl (C=O) groups is 1. The van der Waals surface area contributed by atoms with E-state index in [1.165, 1.54) is 12.1 Å². The molecule has 0 radical (unpaired) electrons. The molecular formula is C17H16BrN2O4-. The van der Waals surface area contributed by atoms with E-state index in [2.05, 4.69) is 26.5 Å². The van der Waals surface area contributed by atoms with E-state index in [0.29, 0.717) is 23.8 Å². The number of carboxylic acid groups (broad SMARTS) is 1. The number of hydrazone groups is 1. The zero-order chi connectivity index (χ0) is 17.5. The number of anilines is 1. The quantitative estimate of drug-likeness (QED) is 0.579. The molecule has 0 aliphatic heterocycles. The normalized spacial score (nSPS) is 10.6. The number of ether oxygens (including phenoxy) is 2. The van der Waals surface area contributed by atoms with Crippen LogP contribution in [0.15, 0.2) is 46.0 Å². The molecule has 6 nitrogen and oxygen atoms in total. The van der Waals surface area contributed by atoms with Gasteiger partial charge in [0.2, 0.25) is 0 Å². The molecule has 24 heavy (non-hydrogen) atoms. The Morgan fingerprint density at radius 2 is 2.04 bits per heavy atom. The van der Waals surface area contributed by atoms with Gasteiger partial charge in [0.1, 0.15) is 0 Å². The van der Waals surface area contributed by atoms with Crippen molar-refractivity contribution in [2.75, 3.05) is 19.1 Å². The topological polar surface area (TPSA) is 83.0 Å². The standard InChI is InChI=1S/C17H17BrN2O4/c1-3-24-16-14(18)8-11(9-15(16)23-2)10-19-20-13-6-4-12(5-7-13)17(21)22/h4-10,20H,3H2,1-2H3,(H,21,22)/p-1/b19-10-. The number of benzene rings is 2. The molecule has 2 rings (SSSR count). The van der Waals surface area contributed by atoms with Crippen LogP contribution in [0.1, 0.15) is 22.8 Å². The number of carbonyl (C=O) groups excluding carboxylic acids is 1. The maximum absolute atomic E-state index is 10.7. The van der Waals surface area contributed by atoms with Crippen LogP contribution in [-0.4, -0.2) is 25.9 Å². The Bertz CT molecular complexity index is 745. The van der Waals surface area contributed by atoms with Crippen molar-refractivity contribution in [3.05, 3.63) is 52.0 Å². The second kappa shape index (κ2) is 8.35. The van der Waals surface area contributed by atoms with Crippen molar-refractivity contribution in [1.29, 1.82) is 0 Å². The molecule has 2 aromatic carbocycles. The van der Waals surface area contributed by atoms with E-state index in [4.69, 9.17) is 9.47 Å². The Morgan fingerprint density at radius 1 is 1.33 bits per heavy atom. The molecule has 2 aromatic rings. The van der Waals surface area contributed by atoms with Gasteiger partial charge in [-0.05, 0) is 58.2 Å². The molecule has 0 saturated carbocycles. The highest BCUT2D eigenvalue weighted by molar-refractivity contribution is 9.10. The highest BCUT2D eigenvalue weighted by Gasteiger charge is 2.10. The fourth-order valence-electron chi connectivity index (χ4n) is 1.96. The van der Waals surface area contributed by atoms with Crippen LogP contribution in [0.5, 0.6) is 11.5 Å². The van der Waals surface area contributed by atoms with Crippen LogP contribution in [0, 0.1) is 0 Å². The van der Waals surface area contributed by atoms with Crippen LogP contribution in [0.4, 0.5) is 5.69 Å². The molecule has 7 heteroatoms. The molecule has 0 aromatic heterocycles. The first-order valence-corrected chi connectivity index (χ1v) is 7.95. The maximum Gasteiger partial charge on any atom is 0.175 e. The van der Waals surface area contributed by atoms with E-state index in [9.17, 15) is 9.90 Å². The first-order chi connectivity index (χ1) is 11.5. The van der Waals surface area contributed by atoms with Crippen LogP contribution in [0.25, 0.3) is 0 Å². The summed E-state index contributed by atoms with van der Waals surface area (Å²) in [5.41, 5.74) is 4.41. The largest absolute Gasteiger partial charge is 0.545 e. The van der Waals surface area contributed by atoms with Crippen molar-refractivity contribution in [2.24, 2.45) is 5.10 Å². The summed E-state index contributed by atoms with van der Waals surface area (Å²) < 4.78 is 11.6. The lowest BCUT2D eigenvalue weighted by Crippen LogP contribution is -2.21. The molecule has 0 aliphatic rings. The lowest BCUT2D eigenvalue weighted by molar-refractivity contribution is -0.255. The minimum Gasteiger partial charge on any atom is -0.545 e. The molecule has 0 fully saturated rings. The molecule has 0 spiro atoms. The number of hydrogen-bond donors (Lipinski definition) is 1. The van der Waals surface area contributed by atoms with Crippen LogP contribution in [0.2, 0.25) is 0 Å². The van der Waals surface area contributed by atoms with Gasteiger partial charge in [0.05, 0.1) is 36.1 Å². The first-order valence-electron chi connectivity index (χ1n) is 7.16. The van der Waals surface area contributed by atoms with Crippen LogP contribution < -0.4 is 20.0 Å². The number of rotatable bonds is 7. The van der Waals surface area contributed by atoms with E-state index >= 15 is 0 Å². The second-order valence-corrected chi connectivity index (χ2v) is 5.56. The third-order valence-corrected chi connectivity index (χ3v) is 3.66. The van der Waals surface area contributed by atoms with E-state index in [1.54, 1.807) is 31.5 Å². The molecule has 0 bridgehead atoms. The fraction of sp³-hybridized carbons (Fsp3) is 0.176.